The van der Waals surface area contributed by atoms with Crippen LogP contribution in [0.15, 0.2) is 0 Å². The Hall–Kier alpha value is -0.0400. The lowest BCUT2D eigenvalue weighted by atomic mass is 10.0. The molecular weight excluding hydrogens is 184 g/mol. The van der Waals surface area contributed by atoms with E-state index < -0.39 is 0 Å². The molecule has 0 aromatic rings. The van der Waals surface area contributed by atoms with Crippen LogP contribution < -0.4 is 0 Å². The standard InChI is InChI=1S/C8H18O.C6H12/c1-7(2)5-9-6-8(3)4;1-2-4-6-5-3-1/h7-8H,5-6H2,1-4H3;1-6H2. The molecule has 0 aromatic carbocycles. The van der Waals surface area contributed by atoms with Gasteiger partial charge in [0.25, 0.3) is 0 Å². The summed E-state index contributed by atoms with van der Waals surface area (Å²) in [6, 6.07) is 0. The summed E-state index contributed by atoms with van der Waals surface area (Å²) in [6.07, 6.45) is 9.00. The van der Waals surface area contributed by atoms with Crippen LogP contribution >= 0.6 is 0 Å². The smallest absolute Gasteiger partial charge is 0.0489 e. The van der Waals surface area contributed by atoms with Gasteiger partial charge in [-0.3, -0.25) is 0 Å². The first-order valence-corrected chi connectivity index (χ1v) is 6.70. The summed E-state index contributed by atoms with van der Waals surface area (Å²) in [5.74, 6) is 1.34. The van der Waals surface area contributed by atoms with E-state index in [4.69, 9.17) is 4.74 Å². The van der Waals surface area contributed by atoms with Crippen molar-refractivity contribution in [3.8, 4) is 0 Å². The Morgan fingerprint density at radius 1 is 0.667 bits per heavy atom. The molecule has 1 aliphatic rings. The van der Waals surface area contributed by atoms with Crippen LogP contribution in [0.4, 0.5) is 0 Å². The third-order valence-corrected chi connectivity index (χ3v) is 2.40. The van der Waals surface area contributed by atoms with Gasteiger partial charge >= 0.3 is 0 Å². The van der Waals surface area contributed by atoms with E-state index in [1.807, 2.05) is 0 Å². The molecule has 1 heteroatoms. The molecule has 1 saturated carbocycles. The van der Waals surface area contributed by atoms with Gasteiger partial charge in [0.05, 0.1) is 0 Å². The first kappa shape index (κ1) is 15.0. The second-order valence-corrected chi connectivity index (χ2v) is 5.45. The first-order valence-electron chi connectivity index (χ1n) is 6.70. The third-order valence-electron chi connectivity index (χ3n) is 2.40. The highest BCUT2D eigenvalue weighted by Gasteiger charge is 1.96. The summed E-state index contributed by atoms with van der Waals surface area (Å²) in [7, 11) is 0. The van der Waals surface area contributed by atoms with Gasteiger partial charge in [-0.2, -0.15) is 0 Å². The van der Waals surface area contributed by atoms with Crippen molar-refractivity contribution in [3.63, 3.8) is 0 Å². The van der Waals surface area contributed by atoms with Crippen LogP contribution in [0.3, 0.4) is 0 Å². The van der Waals surface area contributed by atoms with E-state index in [9.17, 15) is 0 Å². The molecule has 1 fully saturated rings. The fourth-order valence-corrected chi connectivity index (χ4v) is 1.60. The van der Waals surface area contributed by atoms with Crippen molar-refractivity contribution >= 4 is 0 Å². The molecular formula is C14H30O. The molecule has 0 amide bonds. The molecule has 0 aromatic heterocycles. The van der Waals surface area contributed by atoms with E-state index in [1.165, 1.54) is 38.5 Å². The molecule has 0 atom stereocenters. The van der Waals surface area contributed by atoms with E-state index in [1.54, 1.807) is 0 Å². The van der Waals surface area contributed by atoms with E-state index in [0.717, 1.165) is 13.2 Å². The van der Waals surface area contributed by atoms with Crippen molar-refractivity contribution in [2.24, 2.45) is 11.8 Å². The summed E-state index contributed by atoms with van der Waals surface area (Å²) in [4.78, 5) is 0. The van der Waals surface area contributed by atoms with Gasteiger partial charge in [0.1, 0.15) is 0 Å². The van der Waals surface area contributed by atoms with E-state index in [-0.39, 0.29) is 0 Å². The van der Waals surface area contributed by atoms with Crippen LogP contribution in [0.1, 0.15) is 66.2 Å². The van der Waals surface area contributed by atoms with Crippen LogP contribution in [0.2, 0.25) is 0 Å². The summed E-state index contributed by atoms with van der Waals surface area (Å²) in [5, 5.41) is 0. The van der Waals surface area contributed by atoms with Gasteiger partial charge in [0.15, 0.2) is 0 Å². The normalized spacial score (nSPS) is 16.4. The van der Waals surface area contributed by atoms with Gasteiger partial charge < -0.3 is 4.74 Å². The second-order valence-electron chi connectivity index (χ2n) is 5.45. The van der Waals surface area contributed by atoms with Crippen molar-refractivity contribution in [1.82, 2.24) is 0 Å². The molecule has 1 nitrogen and oxygen atoms in total. The molecule has 0 heterocycles. The van der Waals surface area contributed by atoms with E-state index in [2.05, 4.69) is 27.7 Å². The van der Waals surface area contributed by atoms with E-state index in [0.29, 0.717) is 11.8 Å². The molecule has 0 unspecified atom stereocenters. The van der Waals surface area contributed by atoms with Crippen LogP contribution in [0.25, 0.3) is 0 Å². The predicted octanol–water partition coefficient (Wildman–Crippen LogP) is 4.66. The molecule has 0 bridgehead atoms. The second kappa shape index (κ2) is 10.5. The minimum atomic E-state index is 0.670. The largest absolute Gasteiger partial charge is 0.381 e. The molecule has 0 radical (unpaired) electrons. The highest BCUT2D eigenvalue weighted by atomic mass is 16.5. The first-order chi connectivity index (χ1) is 7.13. The van der Waals surface area contributed by atoms with Gasteiger partial charge in [0.2, 0.25) is 0 Å². The monoisotopic (exact) mass is 214 g/mol. The number of ether oxygens (including phenoxy) is 1. The van der Waals surface area contributed by atoms with Crippen molar-refractivity contribution in [2.45, 2.75) is 66.2 Å². The minimum Gasteiger partial charge on any atom is -0.381 e. The zero-order chi connectivity index (χ0) is 11.5. The SMILES string of the molecule is C1CCCCC1.CC(C)COCC(C)C. The molecule has 92 valence electrons. The Kier molecular flexibility index (Phi) is 10.4. The van der Waals surface area contributed by atoms with Crippen LogP contribution in [-0.4, -0.2) is 13.2 Å². The summed E-state index contributed by atoms with van der Waals surface area (Å²) in [6.45, 7) is 10.5. The molecule has 0 saturated heterocycles. The zero-order valence-electron chi connectivity index (χ0n) is 11.2. The predicted molar refractivity (Wildman–Crippen MR) is 68.2 cm³/mol. The average Bonchev–Trinajstić information content (AvgIpc) is 2.20. The molecule has 1 rings (SSSR count). The van der Waals surface area contributed by atoms with E-state index >= 15 is 0 Å². The van der Waals surface area contributed by atoms with Gasteiger partial charge in [-0.05, 0) is 11.8 Å². The highest BCUT2D eigenvalue weighted by molar-refractivity contribution is 4.51. The van der Waals surface area contributed by atoms with Crippen molar-refractivity contribution in [1.29, 1.82) is 0 Å². The van der Waals surface area contributed by atoms with Crippen molar-refractivity contribution in [3.05, 3.63) is 0 Å². The number of rotatable bonds is 4. The fraction of sp³-hybridized carbons (Fsp3) is 1.00. The third kappa shape index (κ3) is 14.0. The number of hydrogen-bond acceptors (Lipinski definition) is 1. The summed E-state index contributed by atoms with van der Waals surface area (Å²) >= 11 is 0. The van der Waals surface area contributed by atoms with Gasteiger partial charge in [-0.15, -0.1) is 0 Å². The molecule has 0 spiro atoms. The lowest BCUT2D eigenvalue weighted by molar-refractivity contribution is 0.0886. The van der Waals surface area contributed by atoms with Gasteiger partial charge in [-0.25, -0.2) is 0 Å². The molecule has 1 aliphatic carbocycles. The highest BCUT2D eigenvalue weighted by Crippen LogP contribution is 2.15. The summed E-state index contributed by atoms with van der Waals surface area (Å²) in [5.41, 5.74) is 0. The maximum atomic E-state index is 5.36. The Morgan fingerprint density at radius 3 is 1.13 bits per heavy atom. The Morgan fingerprint density at radius 2 is 0.933 bits per heavy atom. The number of hydrogen-bond donors (Lipinski definition) is 0. The Balaban J connectivity index is 0.000000280. The Bertz CT molecular complexity index is 95.0. The molecule has 0 N–H and O–H groups in total. The summed E-state index contributed by atoms with van der Waals surface area (Å²) < 4.78 is 5.36. The molecule has 0 aliphatic heterocycles. The lowest BCUT2D eigenvalue weighted by Gasteiger charge is -2.07. The fourth-order valence-electron chi connectivity index (χ4n) is 1.60. The Labute approximate surface area is 96.6 Å². The van der Waals surface area contributed by atoms with Crippen molar-refractivity contribution < 1.29 is 4.74 Å². The van der Waals surface area contributed by atoms with Crippen molar-refractivity contribution in [2.75, 3.05) is 13.2 Å². The quantitative estimate of drug-likeness (QED) is 0.661. The topological polar surface area (TPSA) is 9.23 Å². The average molecular weight is 214 g/mol. The maximum absolute atomic E-state index is 5.36. The zero-order valence-corrected chi connectivity index (χ0v) is 11.2. The van der Waals surface area contributed by atoms with Crippen LogP contribution in [0, 0.1) is 11.8 Å². The minimum absolute atomic E-state index is 0.670. The van der Waals surface area contributed by atoms with Crippen LogP contribution in [0.5, 0.6) is 0 Å². The van der Waals surface area contributed by atoms with Gasteiger partial charge in [0, 0.05) is 13.2 Å². The van der Waals surface area contributed by atoms with Gasteiger partial charge in [-0.1, -0.05) is 66.2 Å². The maximum Gasteiger partial charge on any atom is 0.0489 e. The molecule has 15 heavy (non-hydrogen) atoms. The lowest BCUT2D eigenvalue weighted by Crippen LogP contribution is -2.06. The van der Waals surface area contributed by atoms with Crippen LogP contribution in [-0.2, 0) is 4.74 Å².